The highest BCUT2D eigenvalue weighted by Crippen LogP contribution is 2.33. The van der Waals surface area contributed by atoms with Gasteiger partial charge in [0.2, 0.25) is 0 Å². The number of benzene rings is 2. The SMILES string of the molecule is O=S(=O)(Cl)c1ccc(Oc2cccc(Cl)c2)c(Br)c1. The van der Waals surface area contributed by atoms with Gasteiger partial charge in [-0.2, -0.15) is 0 Å². The fourth-order valence-electron chi connectivity index (χ4n) is 1.37. The van der Waals surface area contributed by atoms with E-state index in [2.05, 4.69) is 15.9 Å². The maximum absolute atomic E-state index is 11.2. The van der Waals surface area contributed by atoms with Crippen molar-refractivity contribution in [1.82, 2.24) is 0 Å². The summed E-state index contributed by atoms with van der Waals surface area (Å²) in [6.45, 7) is 0. The van der Waals surface area contributed by atoms with Crippen LogP contribution in [0, 0.1) is 0 Å². The summed E-state index contributed by atoms with van der Waals surface area (Å²) in [4.78, 5) is -0.000476. The van der Waals surface area contributed by atoms with Gasteiger partial charge in [0.25, 0.3) is 9.05 Å². The first-order valence-electron chi connectivity index (χ1n) is 5.04. The molecule has 0 aromatic heterocycles. The van der Waals surface area contributed by atoms with E-state index in [0.717, 1.165) is 0 Å². The first-order chi connectivity index (χ1) is 8.86. The maximum atomic E-state index is 11.2. The minimum Gasteiger partial charge on any atom is -0.456 e. The molecular formula is C12H7BrCl2O3S. The predicted octanol–water partition coefficient (Wildman–Crippen LogP) is 4.82. The molecular weight excluding hydrogens is 375 g/mol. The number of hydrogen-bond acceptors (Lipinski definition) is 3. The van der Waals surface area contributed by atoms with Crippen LogP contribution in [-0.2, 0) is 9.05 Å². The third kappa shape index (κ3) is 3.86. The van der Waals surface area contributed by atoms with Crippen LogP contribution < -0.4 is 4.74 Å². The summed E-state index contributed by atoms with van der Waals surface area (Å²) in [5.41, 5.74) is 0. The molecule has 0 aliphatic heterocycles. The molecule has 0 saturated heterocycles. The zero-order valence-electron chi connectivity index (χ0n) is 9.31. The van der Waals surface area contributed by atoms with Crippen LogP contribution in [0.15, 0.2) is 51.8 Å². The Balaban J connectivity index is 2.32. The van der Waals surface area contributed by atoms with Crippen molar-refractivity contribution in [1.29, 1.82) is 0 Å². The highest BCUT2D eigenvalue weighted by atomic mass is 79.9. The van der Waals surface area contributed by atoms with Crippen LogP contribution in [-0.4, -0.2) is 8.42 Å². The fourth-order valence-corrected chi connectivity index (χ4v) is 2.94. The van der Waals surface area contributed by atoms with Crippen molar-refractivity contribution >= 4 is 47.3 Å². The molecule has 0 aliphatic carbocycles. The molecule has 0 radical (unpaired) electrons. The van der Waals surface area contributed by atoms with E-state index in [1.807, 2.05) is 0 Å². The lowest BCUT2D eigenvalue weighted by atomic mass is 10.3. The molecule has 2 rings (SSSR count). The van der Waals surface area contributed by atoms with Gasteiger partial charge in [-0.25, -0.2) is 8.42 Å². The van der Waals surface area contributed by atoms with Crippen LogP contribution in [0.3, 0.4) is 0 Å². The molecule has 19 heavy (non-hydrogen) atoms. The van der Waals surface area contributed by atoms with Gasteiger partial charge in [0, 0.05) is 15.7 Å². The molecule has 7 heteroatoms. The van der Waals surface area contributed by atoms with Crippen molar-refractivity contribution in [3.63, 3.8) is 0 Å². The van der Waals surface area contributed by atoms with Gasteiger partial charge in [-0.05, 0) is 52.3 Å². The molecule has 0 fully saturated rings. The molecule has 2 aromatic carbocycles. The van der Waals surface area contributed by atoms with Gasteiger partial charge in [-0.3, -0.25) is 0 Å². The molecule has 0 aliphatic rings. The van der Waals surface area contributed by atoms with E-state index < -0.39 is 9.05 Å². The summed E-state index contributed by atoms with van der Waals surface area (Å²) in [6.07, 6.45) is 0. The van der Waals surface area contributed by atoms with Crippen molar-refractivity contribution in [3.05, 3.63) is 52.0 Å². The second-order valence-electron chi connectivity index (χ2n) is 3.59. The van der Waals surface area contributed by atoms with Crippen molar-refractivity contribution in [2.45, 2.75) is 4.90 Å². The summed E-state index contributed by atoms with van der Waals surface area (Å²) in [5, 5.41) is 0.550. The van der Waals surface area contributed by atoms with E-state index in [1.165, 1.54) is 18.2 Å². The normalized spacial score (nSPS) is 11.3. The van der Waals surface area contributed by atoms with Crippen LogP contribution in [0.2, 0.25) is 5.02 Å². The molecule has 2 aromatic rings. The fraction of sp³-hybridized carbons (Fsp3) is 0. The zero-order valence-corrected chi connectivity index (χ0v) is 13.2. The second-order valence-corrected chi connectivity index (χ2v) is 7.45. The standard InChI is InChI=1S/C12H7BrCl2O3S/c13-11-7-10(19(15,16)17)4-5-12(11)18-9-3-1-2-8(14)6-9/h1-7H. The Labute approximate surface area is 128 Å². The summed E-state index contributed by atoms with van der Waals surface area (Å²) in [6, 6.07) is 11.1. The van der Waals surface area contributed by atoms with Gasteiger partial charge in [0.05, 0.1) is 9.37 Å². The molecule has 0 unspecified atom stereocenters. The van der Waals surface area contributed by atoms with E-state index in [4.69, 9.17) is 27.0 Å². The lowest BCUT2D eigenvalue weighted by molar-refractivity contribution is 0.479. The molecule has 0 atom stereocenters. The summed E-state index contributed by atoms with van der Waals surface area (Å²) >= 11 is 9.08. The minimum atomic E-state index is -3.76. The smallest absolute Gasteiger partial charge is 0.261 e. The number of halogens is 3. The van der Waals surface area contributed by atoms with Gasteiger partial charge in [0.15, 0.2) is 0 Å². The minimum absolute atomic E-state index is 0.000476. The Morgan fingerprint density at radius 3 is 2.42 bits per heavy atom. The van der Waals surface area contributed by atoms with Gasteiger partial charge < -0.3 is 4.74 Å². The van der Waals surface area contributed by atoms with Gasteiger partial charge in [-0.1, -0.05) is 17.7 Å². The van der Waals surface area contributed by atoms with Crippen molar-refractivity contribution < 1.29 is 13.2 Å². The van der Waals surface area contributed by atoms with E-state index in [-0.39, 0.29) is 4.90 Å². The predicted molar refractivity (Wildman–Crippen MR) is 78.7 cm³/mol. The van der Waals surface area contributed by atoms with Crippen LogP contribution in [0.1, 0.15) is 0 Å². The Morgan fingerprint density at radius 2 is 1.84 bits per heavy atom. The van der Waals surface area contributed by atoms with Gasteiger partial charge >= 0.3 is 0 Å². The number of hydrogen-bond donors (Lipinski definition) is 0. The molecule has 0 spiro atoms. The lowest BCUT2D eigenvalue weighted by Gasteiger charge is -2.08. The highest BCUT2D eigenvalue weighted by Gasteiger charge is 2.13. The quantitative estimate of drug-likeness (QED) is 0.715. The van der Waals surface area contributed by atoms with Crippen molar-refractivity contribution in [2.75, 3.05) is 0 Å². The molecule has 0 bridgehead atoms. The number of ether oxygens (including phenoxy) is 1. The summed E-state index contributed by atoms with van der Waals surface area (Å²) < 4.78 is 28.4. The summed E-state index contributed by atoms with van der Waals surface area (Å²) in [7, 11) is 1.50. The third-order valence-corrected chi connectivity index (χ3v) is 4.42. The Kier molecular flexibility index (Phi) is 4.40. The second kappa shape index (κ2) is 5.71. The van der Waals surface area contributed by atoms with Crippen LogP contribution >= 0.6 is 38.2 Å². The first-order valence-corrected chi connectivity index (χ1v) is 8.52. The highest BCUT2D eigenvalue weighted by molar-refractivity contribution is 9.10. The van der Waals surface area contributed by atoms with E-state index in [1.54, 1.807) is 24.3 Å². The van der Waals surface area contributed by atoms with Crippen LogP contribution in [0.25, 0.3) is 0 Å². The Bertz CT molecular complexity index is 717. The molecule has 0 heterocycles. The largest absolute Gasteiger partial charge is 0.456 e. The van der Waals surface area contributed by atoms with Crippen LogP contribution in [0.4, 0.5) is 0 Å². The van der Waals surface area contributed by atoms with E-state index >= 15 is 0 Å². The molecule has 3 nitrogen and oxygen atoms in total. The molecule has 0 saturated carbocycles. The van der Waals surface area contributed by atoms with E-state index in [9.17, 15) is 8.42 Å². The molecule has 100 valence electrons. The average molecular weight is 382 g/mol. The molecule has 0 amide bonds. The van der Waals surface area contributed by atoms with Crippen LogP contribution in [0.5, 0.6) is 11.5 Å². The van der Waals surface area contributed by atoms with Gasteiger partial charge in [0.1, 0.15) is 11.5 Å². The Morgan fingerprint density at radius 1 is 1.11 bits per heavy atom. The summed E-state index contributed by atoms with van der Waals surface area (Å²) in [5.74, 6) is 1.01. The topological polar surface area (TPSA) is 43.4 Å². The Hall–Kier alpha value is -0.750. The number of rotatable bonds is 3. The first kappa shape index (κ1) is 14.7. The third-order valence-electron chi connectivity index (χ3n) is 2.21. The van der Waals surface area contributed by atoms with Crippen molar-refractivity contribution in [2.24, 2.45) is 0 Å². The lowest BCUT2D eigenvalue weighted by Crippen LogP contribution is -1.92. The molecule has 0 N–H and O–H groups in total. The monoisotopic (exact) mass is 380 g/mol. The van der Waals surface area contributed by atoms with Gasteiger partial charge in [-0.15, -0.1) is 0 Å². The zero-order chi connectivity index (χ0) is 14.0. The van der Waals surface area contributed by atoms with Crippen molar-refractivity contribution in [3.8, 4) is 11.5 Å². The van der Waals surface area contributed by atoms with E-state index in [0.29, 0.717) is 21.0 Å². The maximum Gasteiger partial charge on any atom is 0.261 e. The average Bonchev–Trinajstić information content (AvgIpc) is 2.30.